The van der Waals surface area contributed by atoms with Crippen molar-refractivity contribution in [2.45, 2.75) is 32.7 Å². The first-order valence-electron chi connectivity index (χ1n) is 9.59. The maximum Gasteiger partial charge on any atom is 0.254 e. The van der Waals surface area contributed by atoms with E-state index in [1.807, 2.05) is 24.0 Å². The molecule has 0 bridgehead atoms. The van der Waals surface area contributed by atoms with Crippen LogP contribution in [0.2, 0.25) is 0 Å². The van der Waals surface area contributed by atoms with Crippen molar-refractivity contribution in [1.29, 1.82) is 0 Å². The Labute approximate surface area is 159 Å². The number of benzene rings is 2. The Bertz CT molecular complexity index is 856. The monoisotopic (exact) mass is 364 g/mol. The van der Waals surface area contributed by atoms with Crippen LogP contribution in [0.25, 0.3) is 0 Å². The molecule has 0 spiro atoms. The number of carbonyl (C=O) groups excluding carboxylic acids is 2. The van der Waals surface area contributed by atoms with Crippen LogP contribution in [0.1, 0.15) is 41.3 Å². The standard InChI is InChI=1S/C22H24N2O3/c1-2-27-20-10-7-15-11-12-24(14-18(15)13-20)22(26)17-5-8-19(9-6-17)23-21(25)16-3-4-16/h5-10,13,16H,2-4,11-12,14H2,1H3,(H,23,25). The van der Waals surface area contributed by atoms with E-state index in [-0.39, 0.29) is 17.7 Å². The van der Waals surface area contributed by atoms with Crippen LogP contribution in [-0.2, 0) is 17.8 Å². The van der Waals surface area contributed by atoms with Crippen LogP contribution < -0.4 is 10.1 Å². The summed E-state index contributed by atoms with van der Waals surface area (Å²) in [7, 11) is 0. The summed E-state index contributed by atoms with van der Waals surface area (Å²) in [5.41, 5.74) is 3.81. The highest BCUT2D eigenvalue weighted by Gasteiger charge is 2.29. The van der Waals surface area contributed by atoms with Gasteiger partial charge in [-0.1, -0.05) is 6.07 Å². The minimum atomic E-state index is 0.0162. The molecule has 2 aromatic carbocycles. The fourth-order valence-corrected chi connectivity index (χ4v) is 3.43. The lowest BCUT2D eigenvalue weighted by Crippen LogP contribution is -2.35. The number of anilines is 1. The summed E-state index contributed by atoms with van der Waals surface area (Å²) in [5, 5.41) is 2.90. The number of amides is 2. The second-order valence-corrected chi connectivity index (χ2v) is 7.18. The number of fused-ring (bicyclic) bond motifs is 1. The summed E-state index contributed by atoms with van der Waals surface area (Å²) in [6, 6.07) is 13.3. The van der Waals surface area contributed by atoms with Gasteiger partial charge in [-0.2, -0.15) is 0 Å². The molecule has 2 aromatic rings. The molecule has 1 heterocycles. The minimum absolute atomic E-state index is 0.0162. The van der Waals surface area contributed by atoms with E-state index < -0.39 is 0 Å². The molecule has 1 N–H and O–H groups in total. The van der Waals surface area contributed by atoms with Gasteiger partial charge in [-0.3, -0.25) is 9.59 Å². The molecule has 0 saturated heterocycles. The molecule has 2 aliphatic rings. The van der Waals surface area contributed by atoms with Crippen molar-refractivity contribution in [1.82, 2.24) is 4.90 Å². The van der Waals surface area contributed by atoms with Gasteiger partial charge in [0.1, 0.15) is 5.75 Å². The number of carbonyl (C=O) groups is 2. The van der Waals surface area contributed by atoms with Crippen molar-refractivity contribution in [3.05, 3.63) is 59.2 Å². The van der Waals surface area contributed by atoms with Gasteiger partial charge in [-0.15, -0.1) is 0 Å². The molecular formula is C22H24N2O3. The average molecular weight is 364 g/mol. The van der Waals surface area contributed by atoms with Gasteiger partial charge in [0, 0.05) is 30.3 Å². The number of nitrogens with zero attached hydrogens (tertiary/aromatic N) is 1. The molecule has 4 rings (SSSR count). The molecule has 1 aliphatic heterocycles. The zero-order chi connectivity index (χ0) is 18.8. The van der Waals surface area contributed by atoms with E-state index in [2.05, 4.69) is 11.4 Å². The van der Waals surface area contributed by atoms with Gasteiger partial charge in [-0.05, 0) is 73.7 Å². The normalized spacial score (nSPS) is 15.8. The first-order valence-corrected chi connectivity index (χ1v) is 9.59. The first kappa shape index (κ1) is 17.6. The van der Waals surface area contributed by atoms with Crippen LogP contribution in [0.4, 0.5) is 5.69 Å². The Hall–Kier alpha value is -2.82. The molecule has 1 saturated carbocycles. The Kier molecular flexibility index (Phi) is 4.84. The second kappa shape index (κ2) is 7.43. The molecular weight excluding hydrogens is 340 g/mol. The molecule has 0 unspecified atom stereocenters. The van der Waals surface area contributed by atoms with Crippen LogP contribution in [0.15, 0.2) is 42.5 Å². The highest BCUT2D eigenvalue weighted by Crippen LogP contribution is 2.30. The number of nitrogens with one attached hydrogen (secondary N) is 1. The van der Waals surface area contributed by atoms with Crippen molar-refractivity contribution in [2.75, 3.05) is 18.5 Å². The van der Waals surface area contributed by atoms with Gasteiger partial charge in [-0.25, -0.2) is 0 Å². The highest BCUT2D eigenvalue weighted by molar-refractivity contribution is 5.96. The number of hydrogen-bond acceptors (Lipinski definition) is 3. The maximum absolute atomic E-state index is 12.9. The van der Waals surface area contributed by atoms with Gasteiger partial charge in [0.2, 0.25) is 5.91 Å². The van der Waals surface area contributed by atoms with Gasteiger partial charge >= 0.3 is 0 Å². The fraction of sp³-hybridized carbons (Fsp3) is 0.364. The number of hydrogen-bond donors (Lipinski definition) is 1. The predicted molar refractivity (Wildman–Crippen MR) is 104 cm³/mol. The largest absolute Gasteiger partial charge is 0.494 e. The van der Waals surface area contributed by atoms with E-state index in [9.17, 15) is 9.59 Å². The predicted octanol–water partition coefficient (Wildman–Crippen LogP) is 3.63. The second-order valence-electron chi connectivity index (χ2n) is 7.18. The summed E-state index contributed by atoms with van der Waals surface area (Å²) >= 11 is 0. The average Bonchev–Trinajstić information content (AvgIpc) is 3.53. The van der Waals surface area contributed by atoms with Crippen LogP contribution in [0.3, 0.4) is 0 Å². The molecule has 140 valence electrons. The Morgan fingerprint density at radius 1 is 1.11 bits per heavy atom. The zero-order valence-electron chi connectivity index (χ0n) is 15.5. The van der Waals surface area contributed by atoms with E-state index in [0.29, 0.717) is 25.3 Å². The lowest BCUT2D eigenvalue weighted by atomic mass is 9.98. The summed E-state index contributed by atoms with van der Waals surface area (Å²) in [4.78, 5) is 26.6. The van der Waals surface area contributed by atoms with E-state index in [1.54, 1.807) is 24.3 Å². The molecule has 0 atom stereocenters. The Balaban J connectivity index is 1.43. The summed E-state index contributed by atoms with van der Waals surface area (Å²) in [5.74, 6) is 1.11. The topological polar surface area (TPSA) is 58.6 Å². The van der Waals surface area contributed by atoms with Gasteiger partial charge < -0.3 is 15.0 Å². The fourth-order valence-electron chi connectivity index (χ4n) is 3.43. The van der Waals surface area contributed by atoms with E-state index in [1.165, 1.54) is 5.56 Å². The maximum atomic E-state index is 12.9. The van der Waals surface area contributed by atoms with Crippen LogP contribution in [0.5, 0.6) is 5.75 Å². The summed E-state index contributed by atoms with van der Waals surface area (Å²) in [6.07, 6.45) is 2.80. The van der Waals surface area contributed by atoms with Crippen LogP contribution >= 0.6 is 0 Å². The number of ether oxygens (including phenoxy) is 1. The zero-order valence-corrected chi connectivity index (χ0v) is 15.5. The summed E-state index contributed by atoms with van der Waals surface area (Å²) in [6.45, 7) is 3.90. The van der Waals surface area contributed by atoms with Crippen molar-refractivity contribution in [3.8, 4) is 5.75 Å². The Morgan fingerprint density at radius 3 is 2.59 bits per heavy atom. The van der Waals surface area contributed by atoms with Crippen molar-refractivity contribution in [3.63, 3.8) is 0 Å². The number of rotatable bonds is 5. The van der Waals surface area contributed by atoms with E-state index in [0.717, 1.165) is 36.3 Å². The third-order valence-electron chi connectivity index (χ3n) is 5.14. The SMILES string of the molecule is CCOc1ccc2c(c1)CN(C(=O)c1ccc(NC(=O)C3CC3)cc1)CC2. The van der Waals surface area contributed by atoms with Crippen molar-refractivity contribution < 1.29 is 14.3 Å². The highest BCUT2D eigenvalue weighted by atomic mass is 16.5. The molecule has 27 heavy (non-hydrogen) atoms. The molecule has 1 aliphatic carbocycles. The first-order chi connectivity index (χ1) is 13.1. The van der Waals surface area contributed by atoms with Crippen LogP contribution in [-0.4, -0.2) is 29.9 Å². The third-order valence-corrected chi connectivity index (χ3v) is 5.14. The smallest absolute Gasteiger partial charge is 0.254 e. The van der Waals surface area contributed by atoms with Gasteiger partial charge in [0.15, 0.2) is 0 Å². The van der Waals surface area contributed by atoms with E-state index >= 15 is 0 Å². The quantitative estimate of drug-likeness (QED) is 0.881. The lowest BCUT2D eigenvalue weighted by molar-refractivity contribution is -0.117. The lowest BCUT2D eigenvalue weighted by Gasteiger charge is -2.29. The van der Waals surface area contributed by atoms with Crippen molar-refractivity contribution in [2.24, 2.45) is 5.92 Å². The van der Waals surface area contributed by atoms with Gasteiger partial charge in [0.05, 0.1) is 6.61 Å². The molecule has 1 fully saturated rings. The molecule has 5 heteroatoms. The van der Waals surface area contributed by atoms with Crippen LogP contribution in [0, 0.1) is 5.92 Å². The molecule has 5 nitrogen and oxygen atoms in total. The van der Waals surface area contributed by atoms with Crippen molar-refractivity contribution >= 4 is 17.5 Å². The summed E-state index contributed by atoms with van der Waals surface area (Å²) < 4.78 is 5.58. The molecule has 2 amide bonds. The molecule has 0 radical (unpaired) electrons. The molecule has 0 aromatic heterocycles. The third kappa shape index (κ3) is 3.97. The van der Waals surface area contributed by atoms with Gasteiger partial charge in [0.25, 0.3) is 5.91 Å². The van der Waals surface area contributed by atoms with E-state index in [4.69, 9.17) is 4.74 Å². The Morgan fingerprint density at radius 2 is 1.89 bits per heavy atom. The minimum Gasteiger partial charge on any atom is -0.494 e.